The average molecular weight is 502 g/mol. The van der Waals surface area contributed by atoms with Crippen LogP contribution < -0.4 is 5.32 Å². The average Bonchev–Trinajstić information content (AvgIpc) is 3.50. The van der Waals surface area contributed by atoms with Gasteiger partial charge in [-0.05, 0) is 66.8 Å². The molecule has 4 rings (SSSR count). The lowest BCUT2D eigenvalue weighted by Gasteiger charge is -2.15. The first-order chi connectivity index (χ1) is 16.0. The van der Waals surface area contributed by atoms with E-state index in [4.69, 9.17) is 4.74 Å². The minimum absolute atomic E-state index is 0.195. The normalized spacial score (nSPS) is 15.0. The number of ether oxygens (including phenoxy) is 1. The fraction of sp³-hybridized carbons (Fsp3) is 0.440. The molecule has 0 radical (unpaired) electrons. The maximum atomic E-state index is 14.8. The fourth-order valence-electron chi connectivity index (χ4n) is 3.76. The van der Waals surface area contributed by atoms with Crippen LogP contribution in [0.4, 0.5) is 4.39 Å². The van der Waals surface area contributed by atoms with Crippen LogP contribution in [0.3, 0.4) is 0 Å². The van der Waals surface area contributed by atoms with Crippen LogP contribution in [-0.4, -0.2) is 47.2 Å². The lowest BCUT2D eigenvalue weighted by Crippen LogP contribution is -2.25. The van der Waals surface area contributed by atoms with Gasteiger partial charge in [0.1, 0.15) is 18.8 Å². The first kappa shape index (κ1) is 24.9. The molecular formula is C25H32FN3O3SSi. The van der Waals surface area contributed by atoms with Crippen molar-refractivity contribution in [1.29, 1.82) is 0 Å². The van der Waals surface area contributed by atoms with Crippen molar-refractivity contribution in [1.82, 2.24) is 15.1 Å². The van der Waals surface area contributed by atoms with Crippen LogP contribution in [-0.2, 0) is 22.6 Å². The largest absolute Gasteiger partial charge is 0.610 e. The molecule has 1 aromatic heterocycles. The Morgan fingerprint density at radius 3 is 2.68 bits per heavy atom. The number of carbonyl (C=O) groups is 1. The molecule has 1 atom stereocenters. The van der Waals surface area contributed by atoms with Gasteiger partial charge in [0, 0.05) is 37.5 Å². The molecule has 1 amide bonds. The summed E-state index contributed by atoms with van der Waals surface area (Å²) < 4.78 is 34.7. The fourth-order valence-corrected chi connectivity index (χ4v) is 5.21. The van der Waals surface area contributed by atoms with E-state index >= 15 is 0 Å². The van der Waals surface area contributed by atoms with Crippen LogP contribution in [0.5, 0.6) is 0 Å². The van der Waals surface area contributed by atoms with Crippen molar-refractivity contribution < 1.29 is 18.5 Å². The van der Waals surface area contributed by atoms with Gasteiger partial charge in [0.2, 0.25) is 0 Å². The van der Waals surface area contributed by atoms with Crippen molar-refractivity contribution in [3.8, 4) is 11.1 Å². The zero-order chi connectivity index (χ0) is 24.6. The predicted octanol–water partition coefficient (Wildman–Crippen LogP) is 5.09. The smallest absolute Gasteiger partial charge is 0.270 e. The van der Waals surface area contributed by atoms with Gasteiger partial charge in [0.15, 0.2) is 0 Å². The highest BCUT2D eigenvalue weighted by atomic mass is 32.2. The lowest BCUT2D eigenvalue weighted by atomic mass is 9.96. The van der Waals surface area contributed by atoms with E-state index < -0.39 is 25.1 Å². The number of hydrogen-bond donors (Lipinski definition) is 1. The minimum atomic E-state index is -1.27. The van der Waals surface area contributed by atoms with E-state index in [2.05, 4.69) is 30.1 Å². The molecule has 182 valence electrons. The molecule has 1 aliphatic rings. The summed E-state index contributed by atoms with van der Waals surface area (Å²) in [5, 5.41) is 8.74. The Balaban J connectivity index is 1.69. The lowest BCUT2D eigenvalue weighted by molar-refractivity contribution is 0.0808. The number of halogens is 1. The molecular weight excluding hydrogens is 469 g/mol. The standard InChI is InChI=1S/C25H32FN3O3SSi/c1-16-21(12-18(13-22(16)26)24(30)27-19-7-8-19)17-6-9-20-23(14-17)29(28-25(20)33(2)31)15-32-10-11-34(3,4)5/h6,9,12-14,19H,7-8,10-11,15H2,1-5H3,(H,27,30). The van der Waals surface area contributed by atoms with Gasteiger partial charge in [-0.3, -0.25) is 4.79 Å². The van der Waals surface area contributed by atoms with E-state index in [0.717, 1.165) is 35.4 Å². The molecule has 0 aliphatic heterocycles. The first-order valence-corrected chi connectivity index (χ1v) is 16.8. The maximum absolute atomic E-state index is 14.8. The third kappa shape index (κ3) is 5.71. The summed E-state index contributed by atoms with van der Waals surface area (Å²) in [7, 11) is -1.22. The Labute approximate surface area is 204 Å². The topological polar surface area (TPSA) is 79.2 Å². The number of rotatable bonds is 9. The molecule has 1 saturated carbocycles. The molecule has 1 aliphatic carbocycles. The Kier molecular flexibility index (Phi) is 7.19. The van der Waals surface area contributed by atoms with Crippen LogP contribution in [0.1, 0.15) is 28.8 Å². The highest BCUT2D eigenvalue weighted by Gasteiger charge is 2.25. The van der Waals surface area contributed by atoms with Gasteiger partial charge in [-0.25, -0.2) is 9.07 Å². The monoisotopic (exact) mass is 501 g/mol. The number of aromatic nitrogens is 2. The van der Waals surface area contributed by atoms with Gasteiger partial charge in [0.05, 0.1) is 10.9 Å². The van der Waals surface area contributed by atoms with E-state index in [1.807, 2.05) is 18.2 Å². The van der Waals surface area contributed by atoms with E-state index in [9.17, 15) is 13.7 Å². The summed E-state index contributed by atoms with van der Waals surface area (Å²) in [6, 6.07) is 9.90. The molecule has 0 bridgehead atoms. The van der Waals surface area contributed by atoms with Crippen molar-refractivity contribution in [3.05, 3.63) is 47.3 Å². The van der Waals surface area contributed by atoms with Gasteiger partial charge >= 0.3 is 0 Å². The molecule has 34 heavy (non-hydrogen) atoms. The van der Waals surface area contributed by atoms with Crippen LogP contribution in [0.2, 0.25) is 25.7 Å². The highest BCUT2D eigenvalue weighted by molar-refractivity contribution is 7.90. The molecule has 9 heteroatoms. The van der Waals surface area contributed by atoms with Gasteiger partial charge in [-0.2, -0.15) is 0 Å². The number of amides is 1. The van der Waals surface area contributed by atoms with Gasteiger partial charge in [0.25, 0.3) is 10.9 Å². The van der Waals surface area contributed by atoms with Crippen LogP contribution in [0.25, 0.3) is 22.0 Å². The maximum Gasteiger partial charge on any atom is 0.270 e. The molecule has 3 aromatic rings. The Bertz CT molecular complexity index is 1220. The second kappa shape index (κ2) is 9.81. The molecule has 0 saturated heterocycles. The molecule has 1 unspecified atom stereocenters. The van der Waals surface area contributed by atoms with Crippen molar-refractivity contribution in [2.24, 2.45) is 0 Å². The summed E-state index contributed by atoms with van der Waals surface area (Å²) in [6.07, 6.45) is 3.54. The zero-order valence-corrected chi connectivity index (χ0v) is 22.2. The predicted molar refractivity (Wildman–Crippen MR) is 137 cm³/mol. The summed E-state index contributed by atoms with van der Waals surface area (Å²) >= 11 is -1.27. The third-order valence-corrected chi connectivity index (χ3v) is 8.58. The Morgan fingerprint density at radius 2 is 2.03 bits per heavy atom. The van der Waals surface area contributed by atoms with E-state index in [0.29, 0.717) is 28.3 Å². The molecule has 1 N–H and O–H groups in total. The zero-order valence-electron chi connectivity index (χ0n) is 20.4. The molecule has 1 heterocycles. The molecule has 1 fully saturated rings. The van der Waals surface area contributed by atoms with E-state index in [-0.39, 0.29) is 18.7 Å². The van der Waals surface area contributed by atoms with Gasteiger partial charge in [-0.15, -0.1) is 5.10 Å². The Hall–Kier alpha value is -2.20. The first-order valence-electron chi connectivity index (χ1n) is 11.6. The van der Waals surface area contributed by atoms with Crippen molar-refractivity contribution >= 4 is 36.1 Å². The van der Waals surface area contributed by atoms with Crippen molar-refractivity contribution in [2.45, 2.75) is 63.2 Å². The van der Waals surface area contributed by atoms with E-state index in [1.165, 1.54) is 6.07 Å². The number of hydrogen-bond acceptors (Lipinski definition) is 4. The minimum Gasteiger partial charge on any atom is -0.610 e. The van der Waals surface area contributed by atoms with Crippen LogP contribution in [0.15, 0.2) is 35.4 Å². The van der Waals surface area contributed by atoms with Gasteiger partial charge < -0.3 is 14.6 Å². The SMILES string of the molecule is Cc1c(F)cc(C(=O)NC2CC2)cc1-c1ccc2c([S+](C)[O-])nn(COCC[Si](C)(C)C)c2c1. The second-order valence-electron chi connectivity index (χ2n) is 10.2. The van der Waals surface area contributed by atoms with Gasteiger partial charge in [-0.1, -0.05) is 25.7 Å². The number of nitrogens with zero attached hydrogens (tertiary/aromatic N) is 2. The van der Waals surface area contributed by atoms with E-state index in [1.54, 1.807) is 23.9 Å². The molecule has 6 nitrogen and oxygen atoms in total. The summed E-state index contributed by atoms with van der Waals surface area (Å²) in [6.45, 7) is 9.49. The van der Waals surface area contributed by atoms with Crippen molar-refractivity contribution in [3.63, 3.8) is 0 Å². The molecule has 2 aromatic carbocycles. The summed E-state index contributed by atoms with van der Waals surface area (Å²) in [4.78, 5) is 12.6. The molecule has 0 spiro atoms. The number of carbonyl (C=O) groups excluding carboxylic acids is 1. The van der Waals surface area contributed by atoms with Crippen molar-refractivity contribution in [2.75, 3.05) is 12.9 Å². The quantitative estimate of drug-likeness (QED) is 0.252. The van der Waals surface area contributed by atoms with Crippen LogP contribution >= 0.6 is 0 Å². The second-order valence-corrected chi connectivity index (χ2v) is 17.1. The van der Waals surface area contributed by atoms with Crippen LogP contribution in [0, 0.1) is 12.7 Å². The summed E-state index contributed by atoms with van der Waals surface area (Å²) in [5.41, 5.74) is 2.96. The third-order valence-electron chi connectivity index (χ3n) is 6.03. The summed E-state index contributed by atoms with van der Waals surface area (Å²) in [5.74, 6) is -0.676. The number of fused-ring (bicyclic) bond motifs is 1. The Morgan fingerprint density at radius 1 is 1.29 bits per heavy atom. The number of nitrogens with one attached hydrogen (secondary N) is 1. The highest BCUT2D eigenvalue weighted by Crippen LogP contribution is 2.32. The number of benzene rings is 2.